The highest BCUT2D eigenvalue weighted by molar-refractivity contribution is 6.31. The molecule has 2 aromatic carbocycles. The van der Waals surface area contributed by atoms with Crippen molar-refractivity contribution in [3.8, 4) is 5.75 Å². The Morgan fingerprint density at radius 1 is 1.03 bits per heavy atom. The van der Waals surface area contributed by atoms with Crippen LogP contribution < -0.4 is 4.74 Å². The molecule has 1 heterocycles. The Morgan fingerprint density at radius 3 is 2.42 bits per heavy atom. The second-order valence-corrected chi connectivity index (χ2v) is 8.19. The number of methoxy groups -OCH3 is 2. The number of benzene rings is 2. The lowest BCUT2D eigenvalue weighted by Crippen LogP contribution is -2.34. The maximum Gasteiger partial charge on any atom is 0.168 e. The molecule has 7 nitrogen and oxygen atoms in total. The highest BCUT2D eigenvalue weighted by Gasteiger charge is 2.29. The average Bonchev–Trinajstić information content (AvgIpc) is 3.22. The molecule has 0 unspecified atom stereocenters. The monoisotopic (exact) mass is 443 g/mol. The molecule has 0 bridgehead atoms. The molecule has 0 amide bonds. The van der Waals surface area contributed by atoms with Gasteiger partial charge in [0, 0.05) is 25.2 Å². The van der Waals surface area contributed by atoms with Crippen LogP contribution >= 0.6 is 11.6 Å². The van der Waals surface area contributed by atoms with Crippen LogP contribution in [0.1, 0.15) is 36.8 Å². The zero-order valence-electron chi connectivity index (χ0n) is 18.5. The van der Waals surface area contributed by atoms with Crippen molar-refractivity contribution < 1.29 is 9.47 Å². The predicted octanol–water partition coefficient (Wildman–Crippen LogP) is 4.38. The molecule has 0 saturated carbocycles. The molecule has 3 aromatic rings. The number of tetrazole rings is 1. The third kappa shape index (κ3) is 6.03. The van der Waals surface area contributed by atoms with Crippen LogP contribution in [-0.4, -0.2) is 45.9 Å². The van der Waals surface area contributed by atoms with Crippen LogP contribution in [0.5, 0.6) is 5.75 Å². The summed E-state index contributed by atoms with van der Waals surface area (Å²) < 4.78 is 12.4. The number of ether oxygens (including phenoxy) is 2. The standard InChI is InChI=1S/C23H30ClN5O2/c1-17(2)22(23-25-26-27-29(23)13-14-30-3)28(16-19-7-5-6-8-21(19)24)15-18-9-11-20(31-4)12-10-18/h5-12,17,22H,13-16H2,1-4H3/t22-/m0/s1. The van der Waals surface area contributed by atoms with Crippen LogP contribution in [0.3, 0.4) is 0 Å². The summed E-state index contributed by atoms with van der Waals surface area (Å²) in [5.74, 6) is 1.94. The van der Waals surface area contributed by atoms with Gasteiger partial charge in [0.2, 0.25) is 0 Å². The molecular weight excluding hydrogens is 414 g/mol. The van der Waals surface area contributed by atoms with Crippen LogP contribution in [0.15, 0.2) is 48.5 Å². The largest absolute Gasteiger partial charge is 0.497 e. The fourth-order valence-corrected chi connectivity index (χ4v) is 3.90. The molecule has 1 atom stereocenters. The second kappa shape index (κ2) is 11.2. The molecule has 0 spiro atoms. The summed E-state index contributed by atoms with van der Waals surface area (Å²) in [5, 5.41) is 13.3. The van der Waals surface area contributed by atoms with Gasteiger partial charge in [-0.25, -0.2) is 4.68 Å². The highest BCUT2D eigenvalue weighted by Crippen LogP contribution is 2.31. The Balaban J connectivity index is 1.97. The molecule has 166 valence electrons. The van der Waals surface area contributed by atoms with E-state index in [0.717, 1.165) is 28.7 Å². The van der Waals surface area contributed by atoms with E-state index in [-0.39, 0.29) is 12.0 Å². The van der Waals surface area contributed by atoms with Gasteiger partial charge in [-0.1, -0.05) is 55.8 Å². The van der Waals surface area contributed by atoms with Gasteiger partial charge in [-0.2, -0.15) is 0 Å². The van der Waals surface area contributed by atoms with E-state index in [1.54, 1.807) is 14.2 Å². The first-order chi connectivity index (χ1) is 15.0. The van der Waals surface area contributed by atoms with Crippen molar-refractivity contribution in [2.24, 2.45) is 5.92 Å². The normalized spacial score (nSPS) is 12.5. The number of nitrogens with zero attached hydrogens (tertiary/aromatic N) is 5. The molecule has 0 saturated heterocycles. The molecule has 0 aliphatic rings. The van der Waals surface area contributed by atoms with Crippen LogP contribution in [0, 0.1) is 5.92 Å². The van der Waals surface area contributed by atoms with Crippen LogP contribution in [0.4, 0.5) is 0 Å². The van der Waals surface area contributed by atoms with Gasteiger partial charge in [0.15, 0.2) is 5.82 Å². The van der Waals surface area contributed by atoms with Crippen molar-refractivity contribution in [3.05, 3.63) is 70.5 Å². The van der Waals surface area contributed by atoms with E-state index >= 15 is 0 Å². The first kappa shape index (κ1) is 23.2. The number of hydrogen-bond acceptors (Lipinski definition) is 6. The zero-order valence-corrected chi connectivity index (χ0v) is 19.3. The van der Waals surface area contributed by atoms with Crippen molar-refractivity contribution in [2.45, 2.75) is 39.5 Å². The fourth-order valence-electron chi connectivity index (χ4n) is 3.71. The molecular formula is C23H30ClN5O2. The van der Waals surface area contributed by atoms with E-state index in [4.69, 9.17) is 21.1 Å². The number of hydrogen-bond donors (Lipinski definition) is 0. The molecule has 0 fully saturated rings. The lowest BCUT2D eigenvalue weighted by molar-refractivity contribution is 0.121. The van der Waals surface area contributed by atoms with Gasteiger partial charge < -0.3 is 9.47 Å². The molecule has 31 heavy (non-hydrogen) atoms. The van der Waals surface area contributed by atoms with Crippen LogP contribution in [-0.2, 0) is 24.4 Å². The topological polar surface area (TPSA) is 65.3 Å². The third-order valence-corrected chi connectivity index (χ3v) is 5.60. The first-order valence-electron chi connectivity index (χ1n) is 10.4. The number of halogens is 1. The van der Waals surface area contributed by atoms with Crippen LogP contribution in [0.2, 0.25) is 5.02 Å². The minimum absolute atomic E-state index is 0.00905. The lowest BCUT2D eigenvalue weighted by atomic mass is 9.99. The number of rotatable bonds is 11. The van der Waals surface area contributed by atoms with E-state index in [9.17, 15) is 0 Å². The molecule has 0 radical (unpaired) electrons. The summed E-state index contributed by atoms with van der Waals surface area (Å²) in [6, 6.07) is 16.1. The summed E-state index contributed by atoms with van der Waals surface area (Å²) in [7, 11) is 3.35. The van der Waals surface area contributed by atoms with E-state index in [1.165, 1.54) is 5.56 Å². The van der Waals surface area contributed by atoms with Crippen molar-refractivity contribution in [3.63, 3.8) is 0 Å². The van der Waals surface area contributed by atoms with Gasteiger partial charge in [-0.15, -0.1) is 5.10 Å². The first-order valence-corrected chi connectivity index (χ1v) is 10.8. The number of aromatic nitrogens is 4. The predicted molar refractivity (Wildman–Crippen MR) is 121 cm³/mol. The highest BCUT2D eigenvalue weighted by atomic mass is 35.5. The minimum atomic E-state index is -0.00905. The molecule has 0 aliphatic carbocycles. The molecule has 1 aromatic heterocycles. The van der Waals surface area contributed by atoms with Crippen molar-refractivity contribution in [1.82, 2.24) is 25.1 Å². The second-order valence-electron chi connectivity index (χ2n) is 7.79. The average molecular weight is 444 g/mol. The van der Waals surface area contributed by atoms with Crippen molar-refractivity contribution >= 4 is 11.6 Å². The maximum atomic E-state index is 6.51. The van der Waals surface area contributed by atoms with Gasteiger partial charge in [-0.05, 0) is 45.7 Å². The quantitative estimate of drug-likeness (QED) is 0.438. The SMILES string of the molecule is COCCn1nnnc1[C@H](C(C)C)N(Cc1ccc(OC)cc1)Cc1ccccc1Cl. The van der Waals surface area contributed by atoms with Gasteiger partial charge in [-0.3, -0.25) is 4.90 Å². The Kier molecular flexibility index (Phi) is 8.40. The molecule has 8 heteroatoms. The summed E-state index contributed by atoms with van der Waals surface area (Å²) >= 11 is 6.51. The Hall–Kier alpha value is -2.48. The van der Waals surface area contributed by atoms with Crippen molar-refractivity contribution in [1.29, 1.82) is 0 Å². The van der Waals surface area contributed by atoms with E-state index in [1.807, 2.05) is 35.0 Å². The summed E-state index contributed by atoms with van der Waals surface area (Å²) in [6.07, 6.45) is 0. The van der Waals surface area contributed by atoms with E-state index < -0.39 is 0 Å². The minimum Gasteiger partial charge on any atom is -0.497 e. The maximum absolute atomic E-state index is 6.51. The summed E-state index contributed by atoms with van der Waals surface area (Å²) in [4.78, 5) is 2.38. The third-order valence-electron chi connectivity index (χ3n) is 5.23. The zero-order chi connectivity index (χ0) is 22.2. The van der Waals surface area contributed by atoms with Gasteiger partial charge in [0.25, 0.3) is 0 Å². The van der Waals surface area contributed by atoms with Gasteiger partial charge in [0.1, 0.15) is 5.75 Å². The fraction of sp³-hybridized carbons (Fsp3) is 0.435. The van der Waals surface area contributed by atoms with Gasteiger partial charge >= 0.3 is 0 Å². The van der Waals surface area contributed by atoms with Crippen LogP contribution in [0.25, 0.3) is 0 Å². The summed E-state index contributed by atoms with van der Waals surface area (Å²) in [5.41, 5.74) is 2.24. The molecule has 0 aliphatic heterocycles. The Bertz CT molecular complexity index is 945. The van der Waals surface area contributed by atoms with Crippen molar-refractivity contribution in [2.75, 3.05) is 20.8 Å². The van der Waals surface area contributed by atoms with Gasteiger partial charge in [0.05, 0.1) is 26.3 Å². The summed E-state index contributed by atoms with van der Waals surface area (Å²) in [6.45, 7) is 6.92. The Morgan fingerprint density at radius 2 is 1.77 bits per heavy atom. The Labute approximate surface area is 188 Å². The molecule has 0 N–H and O–H groups in total. The smallest absolute Gasteiger partial charge is 0.168 e. The van der Waals surface area contributed by atoms with E-state index in [2.05, 4.69) is 52.5 Å². The molecule has 3 rings (SSSR count). The lowest BCUT2D eigenvalue weighted by Gasteiger charge is -2.34. The van der Waals surface area contributed by atoms with E-state index in [0.29, 0.717) is 19.7 Å².